The third kappa shape index (κ3) is 2.56. The Morgan fingerprint density at radius 1 is 1.05 bits per heavy atom. The van der Waals surface area contributed by atoms with Crippen molar-refractivity contribution in [3.05, 3.63) is 59.4 Å². The summed E-state index contributed by atoms with van der Waals surface area (Å²) in [7, 11) is 0. The first-order valence-electron chi connectivity index (χ1n) is 6.32. The van der Waals surface area contributed by atoms with Gasteiger partial charge in [0.1, 0.15) is 5.82 Å². The second kappa shape index (κ2) is 5.17. The summed E-state index contributed by atoms with van der Waals surface area (Å²) in [6.45, 7) is 0. The molecule has 0 amide bonds. The van der Waals surface area contributed by atoms with Gasteiger partial charge in [0.05, 0.1) is 0 Å². The number of fused-ring (bicyclic) bond motifs is 1. The summed E-state index contributed by atoms with van der Waals surface area (Å²) in [5.74, 6) is -0.119. The van der Waals surface area contributed by atoms with E-state index in [9.17, 15) is 9.18 Å². The lowest BCUT2D eigenvalue weighted by Crippen LogP contribution is -2.12. The lowest BCUT2D eigenvalue weighted by atomic mass is 9.90. The molecule has 19 heavy (non-hydrogen) atoms. The summed E-state index contributed by atoms with van der Waals surface area (Å²) in [5.41, 5.74) is 1.58. The molecule has 0 fully saturated rings. The van der Waals surface area contributed by atoms with Crippen molar-refractivity contribution < 1.29 is 9.18 Å². The van der Waals surface area contributed by atoms with Crippen molar-refractivity contribution >= 4 is 17.5 Å². The molecule has 0 heterocycles. The van der Waals surface area contributed by atoms with Gasteiger partial charge in [-0.3, -0.25) is 4.79 Å². The van der Waals surface area contributed by atoms with Gasteiger partial charge in [-0.05, 0) is 42.7 Å². The van der Waals surface area contributed by atoms with E-state index < -0.39 is 0 Å². The largest absolute Gasteiger partial charge is 0.294 e. The molecular weight excluding hydrogens is 259 g/mol. The number of hydrogen-bond acceptors (Lipinski definition) is 2. The molecule has 96 valence electrons. The van der Waals surface area contributed by atoms with Crippen LogP contribution in [-0.4, -0.2) is 5.78 Å². The Morgan fingerprint density at radius 2 is 1.84 bits per heavy atom. The van der Waals surface area contributed by atoms with E-state index in [1.807, 2.05) is 30.3 Å². The lowest BCUT2D eigenvalue weighted by Gasteiger charge is -2.18. The quantitative estimate of drug-likeness (QED) is 0.801. The predicted octanol–water partition coefficient (Wildman–Crippen LogP) is 4.50. The molecule has 0 saturated heterocycles. The summed E-state index contributed by atoms with van der Waals surface area (Å²) in [4.78, 5) is 13.8. The van der Waals surface area contributed by atoms with Crippen LogP contribution < -0.4 is 0 Å². The molecule has 0 bridgehead atoms. The van der Waals surface area contributed by atoms with Crippen LogP contribution in [0.5, 0.6) is 0 Å². The van der Waals surface area contributed by atoms with E-state index in [1.165, 1.54) is 23.9 Å². The Morgan fingerprint density at radius 3 is 2.63 bits per heavy atom. The van der Waals surface area contributed by atoms with E-state index in [1.54, 1.807) is 0 Å². The van der Waals surface area contributed by atoms with E-state index in [0.29, 0.717) is 6.42 Å². The van der Waals surface area contributed by atoms with Gasteiger partial charge in [0.15, 0.2) is 5.78 Å². The summed E-state index contributed by atoms with van der Waals surface area (Å²) in [6.07, 6.45) is 2.19. The molecule has 1 aliphatic rings. The van der Waals surface area contributed by atoms with Crippen LogP contribution in [0.4, 0.5) is 4.39 Å². The molecule has 2 aromatic rings. The zero-order valence-corrected chi connectivity index (χ0v) is 11.2. The molecule has 0 radical (unpaired) electrons. The van der Waals surface area contributed by atoms with Crippen molar-refractivity contribution in [2.75, 3.05) is 0 Å². The number of ketones is 1. The van der Waals surface area contributed by atoms with Gasteiger partial charge in [-0.1, -0.05) is 30.0 Å². The van der Waals surface area contributed by atoms with Gasteiger partial charge in [0.2, 0.25) is 0 Å². The zero-order chi connectivity index (χ0) is 13.2. The first-order chi connectivity index (χ1) is 9.24. The van der Waals surface area contributed by atoms with Crippen LogP contribution in [0.3, 0.4) is 0 Å². The maximum atomic E-state index is 13.7. The highest BCUT2D eigenvalue weighted by Crippen LogP contribution is 2.35. The van der Waals surface area contributed by atoms with Crippen molar-refractivity contribution in [1.29, 1.82) is 0 Å². The van der Waals surface area contributed by atoms with Crippen LogP contribution in [0.1, 0.15) is 28.8 Å². The minimum absolute atomic E-state index is 0.139. The second-order valence-corrected chi connectivity index (χ2v) is 5.75. The SMILES string of the molecule is O=C1CCCc2cc(F)cc(Sc3ccccc3)c21. The van der Waals surface area contributed by atoms with Gasteiger partial charge in [0, 0.05) is 21.8 Å². The molecule has 3 rings (SSSR count). The molecule has 1 aliphatic carbocycles. The fourth-order valence-corrected chi connectivity index (χ4v) is 3.48. The molecular formula is C16H13FOS. The first kappa shape index (κ1) is 12.4. The van der Waals surface area contributed by atoms with E-state index in [2.05, 4.69) is 0 Å². The van der Waals surface area contributed by atoms with Gasteiger partial charge in [-0.15, -0.1) is 0 Å². The number of benzene rings is 2. The third-order valence-corrected chi connectivity index (χ3v) is 4.30. The monoisotopic (exact) mass is 272 g/mol. The standard InChI is InChI=1S/C16H13FOS/c17-12-9-11-5-4-8-14(18)16(11)15(10-12)19-13-6-2-1-3-7-13/h1-3,6-7,9-10H,4-5,8H2. The lowest BCUT2D eigenvalue weighted by molar-refractivity contribution is 0.0969. The van der Waals surface area contributed by atoms with Gasteiger partial charge in [0.25, 0.3) is 0 Å². The fourth-order valence-electron chi connectivity index (χ4n) is 2.41. The molecule has 0 saturated carbocycles. The van der Waals surface area contributed by atoms with Crippen molar-refractivity contribution in [2.45, 2.75) is 29.1 Å². The van der Waals surface area contributed by atoms with Crippen LogP contribution in [-0.2, 0) is 6.42 Å². The number of carbonyl (C=O) groups is 1. The molecule has 0 aromatic heterocycles. The molecule has 0 spiro atoms. The number of hydrogen-bond donors (Lipinski definition) is 0. The van der Waals surface area contributed by atoms with Crippen molar-refractivity contribution in [1.82, 2.24) is 0 Å². The highest BCUT2D eigenvalue weighted by molar-refractivity contribution is 7.99. The van der Waals surface area contributed by atoms with Crippen LogP contribution in [0, 0.1) is 5.82 Å². The molecule has 0 N–H and O–H groups in total. The highest BCUT2D eigenvalue weighted by Gasteiger charge is 2.22. The van der Waals surface area contributed by atoms with Crippen LogP contribution >= 0.6 is 11.8 Å². The molecule has 0 aliphatic heterocycles. The normalized spacial score (nSPS) is 14.3. The third-order valence-electron chi connectivity index (χ3n) is 3.25. The number of carbonyl (C=O) groups excluding carboxylic acids is 1. The number of Topliss-reactive ketones (excluding diaryl/α,β-unsaturated/α-hetero) is 1. The molecule has 0 unspecified atom stereocenters. The summed E-state index contributed by atoms with van der Waals surface area (Å²) >= 11 is 1.46. The van der Waals surface area contributed by atoms with Gasteiger partial charge in [-0.2, -0.15) is 0 Å². The smallest absolute Gasteiger partial charge is 0.164 e. The maximum Gasteiger partial charge on any atom is 0.164 e. The molecule has 1 nitrogen and oxygen atoms in total. The summed E-state index contributed by atoms with van der Waals surface area (Å²) in [6, 6.07) is 12.7. The minimum Gasteiger partial charge on any atom is -0.294 e. The first-order valence-corrected chi connectivity index (χ1v) is 7.14. The average Bonchev–Trinajstić information content (AvgIpc) is 2.39. The number of halogens is 1. The Bertz CT molecular complexity index is 622. The Kier molecular flexibility index (Phi) is 3.38. The number of rotatable bonds is 2. The van der Waals surface area contributed by atoms with Crippen molar-refractivity contribution in [3.8, 4) is 0 Å². The van der Waals surface area contributed by atoms with E-state index >= 15 is 0 Å². The fraction of sp³-hybridized carbons (Fsp3) is 0.188. The minimum atomic E-state index is -0.258. The zero-order valence-electron chi connectivity index (χ0n) is 10.4. The van der Waals surface area contributed by atoms with Gasteiger partial charge in [-0.25, -0.2) is 4.39 Å². The van der Waals surface area contributed by atoms with Gasteiger partial charge < -0.3 is 0 Å². The van der Waals surface area contributed by atoms with Crippen molar-refractivity contribution in [2.24, 2.45) is 0 Å². The molecule has 0 atom stereocenters. The van der Waals surface area contributed by atoms with Crippen molar-refractivity contribution in [3.63, 3.8) is 0 Å². The van der Waals surface area contributed by atoms with E-state index in [-0.39, 0.29) is 11.6 Å². The van der Waals surface area contributed by atoms with E-state index in [0.717, 1.165) is 33.8 Å². The topological polar surface area (TPSA) is 17.1 Å². The van der Waals surface area contributed by atoms with Crippen LogP contribution in [0.25, 0.3) is 0 Å². The Hall–Kier alpha value is -1.61. The van der Waals surface area contributed by atoms with Crippen LogP contribution in [0.2, 0.25) is 0 Å². The predicted molar refractivity (Wildman–Crippen MR) is 74.2 cm³/mol. The summed E-state index contributed by atoms with van der Waals surface area (Å²) in [5, 5.41) is 0. The van der Waals surface area contributed by atoms with E-state index in [4.69, 9.17) is 0 Å². The second-order valence-electron chi connectivity index (χ2n) is 4.63. The molecule has 2 aromatic carbocycles. The number of aryl methyl sites for hydroxylation is 1. The Labute approximate surface area is 115 Å². The van der Waals surface area contributed by atoms with Gasteiger partial charge >= 0.3 is 0 Å². The summed E-state index contributed by atoms with van der Waals surface area (Å²) < 4.78 is 13.7. The maximum absolute atomic E-state index is 13.7. The van der Waals surface area contributed by atoms with Crippen LogP contribution in [0.15, 0.2) is 52.3 Å². The average molecular weight is 272 g/mol. The Balaban J connectivity index is 2.05. The highest BCUT2D eigenvalue weighted by atomic mass is 32.2. The molecule has 3 heteroatoms.